The van der Waals surface area contributed by atoms with Crippen LogP contribution in [0.4, 0.5) is 4.39 Å². The Kier molecular flexibility index (Phi) is 1.82. The van der Waals surface area contributed by atoms with Crippen LogP contribution in [0.1, 0.15) is 0 Å². The molecule has 0 aliphatic rings. The van der Waals surface area contributed by atoms with Crippen LogP contribution in [-0.4, -0.2) is 9.38 Å². The van der Waals surface area contributed by atoms with Gasteiger partial charge in [-0.1, -0.05) is 0 Å². The minimum atomic E-state index is -0.212. The molecule has 0 fully saturated rings. The Morgan fingerprint density at radius 3 is 2.80 bits per heavy atom. The van der Waals surface area contributed by atoms with Crippen molar-refractivity contribution < 1.29 is 4.39 Å². The van der Waals surface area contributed by atoms with Crippen molar-refractivity contribution in [1.82, 2.24) is 9.38 Å². The molecule has 2 aromatic heterocycles. The molecule has 0 amide bonds. The van der Waals surface area contributed by atoms with E-state index in [4.69, 9.17) is 0 Å². The molecule has 0 saturated heterocycles. The molecule has 0 radical (unpaired) electrons. The van der Waals surface area contributed by atoms with Crippen LogP contribution in [-0.2, 0) is 0 Å². The van der Waals surface area contributed by atoms with E-state index in [-0.39, 0.29) is 5.82 Å². The van der Waals surface area contributed by atoms with Crippen LogP contribution in [0, 0.1) is 5.82 Å². The topological polar surface area (TPSA) is 17.3 Å². The molecule has 1 aromatic carbocycles. The van der Waals surface area contributed by atoms with E-state index < -0.39 is 0 Å². The van der Waals surface area contributed by atoms with Gasteiger partial charge in [-0.2, -0.15) is 0 Å². The van der Waals surface area contributed by atoms with Crippen molar-refractivity contribution in [3.63, 3.8) is 0 Å². The van der Waals surface area contributed by atoms with Gasteiger partial charge >= 0.3 is 0 Å². The number of imidazole rings is 1. The lowest BCUT2D eigenvalue weighted by molar-refractivity contribution is 0.628. The second-order valence-corrected chi connectivity index (χ2v) is 4.04. The molecule has 2 nitrogen and oxygen atoms in total. The lowest BCUT2D eigenvalue weighted by Crippen LogP contribution is -1.83. The van der Waals surface area contributed by atoms with Crippen molar-refractivity contribution in [1.29, 1.82) is 0 Å². The molecule has 2 heterocycles. The number of thiazole rings is 1. The van der Waals surface area contributed by atoms with Gasteiger partial charge in [-0.3, -0.25) is 4.40 Å². The molecule has 4 heteroatoms. The Morgan fingerprint density at radius 2 is 2.00 bits per heavy atom. The molecule has 0 unspecified atom stereocenters. The first-order valence-corrected chi connectivity index (χ1v) is 5.39. The van der Waals surface area contributed by atoms with E-state index in [0.717, 1.165) is 16.2 Å². The van der Waals surface area contributed by atoms with Crippen molar-refractivity contribution in [2.45, 2.75) is 0 Å². The highest BCUT2D eigenvalue weighted by atomic mass is 32.1. The molecule has 0 atom stereocenters. The number of aromatic nitrogens is 2. The van der Waals surface area contributed by atoms with E-state index in [1.54, 1.807) is 29.7 Å². The van der Waals surface area contributed by atoms with Crippen LogP contribution >= 0.6 is 11.3 Å². The fourth-order valence-electron chi connectivity index (χ4n) is 1.55. The highest BCUT2D eigenvalue weighted by molar-refractivity contribution is 7.15. The highest BCUT2D eigenvalue weighted by Gasteiger charge is 2.05. The zero-order valence-corrected chi connectivity index (χ0v) is 8.54. The molecular formula is C11H7FN2S. The number of hydrogen-bond acceptors (Lipinski definition) is 2. The fourth-order valence-corrected chi connectivity index (χ4v) is 2.41. The number of benzene rings is 1. The predicted octanol–water partition coefficient (Wildman–Crippen LogP) is 3.20. The summed E-state index contributed by atoms with van der Waals surface area (Å²) in [6.45, 7) is 0. The number of hydrogen-bond donors (Lipinski definition) is 0. The third-order valence-corrected chi connectivity index (χ3v) is 3.14. The maximum Gasteiger partial charge on any atom is 0.194 e. The van der Waals surface area contributed by atoms with E-state index in [1.807, 2.05) is 16.0 Å². The molecule has 0 saturated carbocycles. The van der Waals surface area contributed by atoms with Crippen LogP contribution in [0.5, 0.6) is 0 Å². The van der Waals surface area contributed by atoms with Gasteiger partial charge in [-0.15, -0.1) is 11.3 Å². The summed E-state index contributed by atoms with van der Waals surface area (Å²) in [5, 5.41) is 2.02. The maximum atomic E-state index is 12.8. The third-order valence-electron chi connectivity index (χ3n) is 2.28. The average molecular weight is 218 g/mol. The SMILES string of the molecule is Fc1ccc(-c2csc3nccn23)cc1. The van der Waals surface area contributed by atoms with Crippen LogP contribution in [0.3, 0.4) is 0 Å². The van der Waals surface area contributed by atoms with Crippen LogP contribution in [0.2, 0.25) is 0 Å². The van der Waals surface area contributed by atoms with Gasteiger partial charge in [0.2, 0.25) is 0 Å². The molecule has 0 N–H and O–H groups in total. The third kappa shape index (κ3) is 1.34. The zero-order valence-electron chi connectivity index (χ0n) is 7.72. The lowest BCUT2D eigenvalue weighted by atomic mass is 10.2. The minimum Gasteiger partial charge on any atom is -0.290 e. The molecule has 0 bridgehead atoms. The lowest BCUT2D eigenvalue weighted by Gasteiger charge is -1.98. The highest BCUT2D eigenvalue weighted by Crippen LogP contribution is 2.25. The van der Waals surface area contributed by atoms with Gasteiger partial charge in [0.25, 0.3) is 0 Å². The van der Waals surface area contributed by atoms with Crippen molar-refractivity contribution in [3.8, 4) is 11.3 Å². The van der Waals surface area contributed by atoms with E-state index in [1.165, 1.54) is 12.1 Å². The van der Waals surface area contributed by atoms with E-state index in [9.17, 15) is 4.39 Å². The van der Waals surface area contributed by atoms with Crippen molar-refractivity contribution in [3.05, 3.63) is 47.9 Å². The first kappa shape index (κ1) is 8.61. The first-order valence-electron chi connectivity index (χ1n) is 4.51. The molecule has 74 valence electrons. The quantitative estimate of drug-likeness (QED) is 0.613. The summed E-state index contributed by atoms with van der Waals surface area (Å²) in [7, 11) is 0. The normalized spacial score (nSPS) is 11.0. The summed E-state index contributed by atoms with van der Waals surface area (Å²) < 4.78 is 14.8. The van der Waals surface area contributed by atoms with Crippen LogP contribution in [0.25, 0.3) is 16.2 Å². The molecule has 0 aliphatic heterocycles. The second-order valence-electron chi connectivity index (χ2n) is 3.21. The minimum absolute atomic E-state index is 0.212. The number of rotatable bonds is 1. The molecule has 15 heavy (non-hydrogen) atoms. The van der Waals surface area contributed by atoms with Crippen LogP contribution < -0.4 is 0 Å². The number of halogens is 1. The first-order chi connectivity index (χ1) is 7.34. The van der Waals surface area contributed by atoms with Gasteiger partial charge in [0.1, 0.15) is 5.82 Å². The summed E-state index contributed by atoms with van der Waals surface area (Å²) in [5.41, 5.74) is 2.05. The van der Waals surface area contributed by atoms with Gasteiger partial charge < -0.3 is 0 Å². The number of fused-ring (bicyclic) bond motifs is 1. The van der Waals surface area contributed by atoms with Gasteiger partial charge in [-0.05, 0) is 29.8 Å². The van der Waals surface area contributed by atoms with Gasteiger partial charge in [0.05, 0.1) is 5.69 Å². The zero-order chi connectivity index (χ0) is 10.3. The molecule has 0 aliphatic carbocycles. The van der Waals surface area contributed by atoms with Crippen LogP contribution in [0.15, 0.2) is 42.0 Å². The van der Waals surface area contributed by atoms with E-state index in [2.05, 4.69) is 4.98 Å². The summed E-state index contributed by atoms with van der Waals surface area (Å²) in [6, 6.07) is 6.49. The summed E-state index contributed by atoms with van der Waals surface area (Å²) in [5.74, 6) is -0.212. The van der Waals surface area contributed by atoms with Crippen molar-refractivity contribution in [2.75, 3.05) is 0 Å². The second kappa shape index (κ2) is 3.17. The van der Waals surface area contributed by atoms with E-state index in [0.29, 0.717) is 0 Å². The summed E-state index contributed by atoms with van der Waals surface area (Å²) in [6.07, 6.45) is 3.67. The summed E-state index contributed by atoms with van der Waals surface area (Å²) in [4.78, 5) is 5.14. The van der Waals surface area contributed by atoms with Crippen molar-refractivity contribution >= 4 is 16.3 Å². The molecule has 3 rings (SSSR count). The standard InChI is InChI=1S/C11H7FN2S/c12-9-3-1-8(2-4-9)10-7-15-11-13-5-6-14(10)11/h1-7H. The predicted molar refractivity (Wildman–Crippen MR) is 58.5 cm³/mol. The summed E-state index contributed by atoms with van der Waals surface area (Å²) >= 11 is 1.58. The number of nitrogens with zero attached hydrogens (tertiary/aromatic N) is 2. The Morgan fingerprint density at radius 1 is 1.20 bits per heavy atom. The fraction of sp³-hybridized carbons (Fsp3) is 0. The Bertz CT molecular complexity index is 594. The molecular weight excluding hydrogens is 211 g/mol. The smallest absolute Gasteiger partial charge is 0.194 e. The van der Waals surface area contributed by atoms with Gasteiger partial charge in [0.15, 0.2) is 4.96 Å². The van der Waals surface area contributed by atoms with Gasteiger partial charge in [0, 0.05) is 17.8 Å². The Labute approximate surface area is 89.6 Å². The average Bonchev–Trinajstić information content (AvgIpc) is 2.80. The molecule has 3 aromatic rings. The Hall–Kier alpha value is -1.68. The Balaban J connectivity index is 2.21. The van der Waals surface area contributed by atoms with Crippen molar-refractivity contribution in [2.24, 2.45) is 0 Å². The van der Waals surface area contributed by atoms with E-state index >= 15 is 0 Å². The largest absolute Gasteiger partial charge is 0.290 e. The van der Waals surface area contributed by atoms with Gasteiger partial charge in [-0.25, -0.2) is 9.37 Å². The molecule has 0 spiro atoms. The monoisotopic (exact) mass is 218 g/mol. The maximum absolute atomic E-state index is 12.8.